The van der Waals surface area contributed by atoms with Crippen LogP contribution >= 0.6 is 11.6 Å². The highest BCUT2D eigenvalue weighted by atomic mass is 35.5. The topological polar surface area (TPSA) is 92.6 Å². The van der Waals surface area contributed by atoms with Gasteiger partial charge >= 0.3 is 0 Å². The minimum Gasteiger partial charge on any atom is -0.530 e. The Balaban J connectivity index is 2.79. The molecule has 0 saturated carbocycles. The second-order valence-electron chi connectivity index (χ2n) is 3.58. The maximum Gasteiger partial charge on any atom is 0.134 e. The van der Waals surface area contributed by atoms with E-state index in [0.29, 0.717) is 10.6 Å². The number of nitrogens with one attached hydrogen (secondary N) is 1. The van der Waals surface area contributed by atoms with Crippen LogP contribution in [0.25, 0.3) is 0 Å². The van der Waals surface area contributed by atoms with Crippen LogP contribution in [-0.2, 0) is 6.42 Å². The number of aliphatic hydroxyl groups is 2. The van der Waals surface area contributed by atoms with E-state index in [0.717, 1.165) is 0 Å². The predicted molar refractivity (Wildman–Crippen MR) is 60.6 cm³/mol. The second kappa shape index (κ2) is 6.44. The number of hydrogen-bond donors (Lipinski definition) is 3. The summed E-state index contributed by atoms with van der Waals surface area (Å²) in [6.07, 6.45) is -2.53. The number of aliphatic hydroxyl groups excluding tert-OH is 2. The number of amides is 1. The quantitative estimate of drug-likeness (QED) is 0.666. The van der Waals surface area contributed by atoms with Gasteiger partial charge < -0.3 is 25.4 Å². The molecule has 1 aromatic rings. The van der Waals surface area contributed by atoms with Gasteiger partial charge in [-0.05, 0) is 18.1 Å². The highest BCUT2D eigenvalue weighted by Crippen LogP contribution is 2.17. The van der Waals surface area contributed by atoms with E-state index in [1.54, 1.807) is 24.3 Å². The molecular formula is C11H13ClNO4-. The molecule has 0 spiro atoms. The largest absolute Gasteiger partial charge is 0.530 e. The molecule has 94 valence electrons. The van der Waals surface area contributed by atoms with Crippen LogP contribution in [0.2, 0.25) is 5.02 Å². The first-order valence-corrected chi connectivity index (χ1v) is 5.42. The lowest BCUT2D eigenvalue weighted by molar-refractivity contribution is -0.252. The summed E-state index contributed by atoms with van der Waals surface area (Å²) in [7, 11) is 0. The van der Waals surface area contributed by atoms with Crippen molar-refractivity contribution in [2.75, 3.05) is 6.61 Å². The van der Waals surface area contributed by atoms with Crippen LogP contribution in [-0.4, -0.2) is 35.1 Å². The van der Waals surface area contributed by atoms with E-state index < -0.39 is 24.8 Å². The van der Waals surface area contributed by atoms with Gasteiger partial charge in [0.2, 0.25) is 0 Å². The van der Waals surface area contributed by atoms with Gasteiger partial charge in [0.15, 0.2) is 0 Å². The van der Waals surface area contributed by atoms with Crippen molar-refractivity contribution >= 4 is 17.7 Å². The van der Waals surface area contributed by atoms with Gasteiger partial charge in [-0.3, -0.25) is 0 Å². The van der Waals surface area contributed by atoms with Gasteiger partial charge in [-0.15, -0.1) is 0 Å². The third-order valence-electron chi connectivity index (χ3n) is 2.35. The third-order valence-corrected chi connectivity index (χ3v) is 2.72. The minimum atomic E-state index is -1.51. The molecule has 0 aliphatic heterocycles. The normalized spacial score (nSPS) is 14.1. The van der Waals surface area contributed by atoms with E-state index in [2.05, 4.69) is 0 Å². The van der Waals surface area contributed by atoms with Gasteiger partial charge in [0.25, 0.3) is 0 Å². The zero-order chi connectivity index (χ0) is 12.8. The lowest BCUT2D eigenvalue weighted by atomic mass is 10.0. The van der Waals surface area contributed by atoms with Crippen molar-refractivity contribution in [1.82, 2.24) is 5.32 Å². The van der Waals surface area contributed by atoms with Gasteiger partial charge in [0.05, 0.1) is 18.8 Å². The summed E-state index contributed by atoms with van der Waals surface area (Å²) in [4.78, 5) is 10.5. The van der Waals surface area contributed by atoms with Gasteiger partial charge in [-0.2, -0.15) is 0 Å². The number of benzene rings is 1. The van der Waals surface area contributed by atoms with Crippen LogP contribution in [0.5, 0.6) is 0 Å². The average molecular weight is 259 g/mol. The summed E-state index contributed by atoms with van der Waals surface area (Å²) >= 11 is 5.92. The molecule has 1 rings (SSSR count). The Bertz CT molecular complexity index is 385. The Hall–Kier alpha value is -1.30. The summed E-state index contributed by atoms with van der Waals surface area (Å²) < 4.78 is 0. The molecule has 1 aromatic carbocycles. The van der Waals surface area contributed by atoms with E-state index in [4.69, 9.17) is 16.7 Å². The Labute approximate surface area is 104 Å². The molecule has 0 heterocycles. The van der Waals surface area contributed by atoms with Crippen LogP contribution < -0.4 is 10.4 Å². The molecule has 0 saturated heterocycles. The molecule has 3 N–H and O–H groups in total. The molecule has 0 radical (unpaired) electrons. The van der Waals surface area contributed by atoms with E-state index in [9.17, 15) is 15.0 Å². The van der Waals surface area contributed by atoms with Crippen LogP contribution in [0.1, 0.15) is 5.56 Å². The Morgan fingerprint density at radius 2 is 2.12 bits per heavy atom. The van der Waals surface area contributed by atoms with E-state index >= 15 is 0 Å². The molecule has 2 atom stereocenters. The molecule has 1 amide bonds. The van der Waals surface area contributed by atoms with Crippen molar-refractivity contribution in [3.63, 3.8) is 0 Å². The van der Waals surface area contributed by atoms with Crippen LogP contribution in [0.4, 0.5) is 4.79 Å². The van der Waals surface area contributed by atoms with Crippen molar-refractivity contribution in [2.24, 2.45) is 0 Å². The molecule has 0 fully saturated rings. The maximum absolute atomic E-state index is 10.5. The fourth-order valence-corrected chi connectivity index (χ4v) is 1.68. The average Bonchev–Trinajstić information content (AvgIpc) is 2.29. The number of halogens is 1. The Morgan fingerprint density at radius 3 is 2.65 bits per heavy atom. The van der Waals surface area contributed by atoms with Crippen LogP contribution in [0.15, 0.2) is 24.3 Å². The lowest BCUT2D eigenvalue weighted by Crippen LogP contribution is -2.50. The SMILES string of the molecule is O=C([O-])NC(Cc1ccccc1Cl)C(O)CO. The predicted octanol–water partition coefficient (Wildman–Crippen LogP) is -0.463. The van der Waals surface area contributed by atoms with Crippen LogP contribution in [0, 0.1) is 0 Å². The molecule has 6 heteroatoms. The van der Waals surface area contributed by atoms with Crippen molar-refractivity contribution in [3.8, 4) is 0 Å². The molecule has 0 bridgehead atoms. The zero-order valence-electron chi connectivity index (χ0n) is 8.97. The van der Waals surface area contributed by atoms with Crippen molar-refractivity contribution < 1.29 is 20.1 Å². The van der Waals surface area contributed by atoms with Crippen molar-refractivity contribution in [2.45, 2.75) is 18.6 Å². The Kier molecular flexibility index (Phi) is 5.21. The lowest BCUT2D eigenvalue weighted by Gasteiger charge is -2.24. The summed E-state index contributed by atoms with van der Waals surface area (Å²) in [5.41, 5.74) is 0.681. The standard InChI is InChI=1S/C11H14ClNO4/c12-8-4-2-1-3-7(8)5-9(10(15)6-14)13-11(16)17/h1-4,9-10,13-15H,5-6H2,(H,16,17)/p-1. The fraction of sp³-hybridized carbons (Fsp3) is 0.364. The summed E-state index contributed by atoms with van der Waals surface area (Å²) in [5, 5.41) is 31.3. The third kappa shape index (κ3) is 4.22. The number of rotatable bonds is 5. The summed E-state index contributed by atoms with van der Waals surface area (Å²) in [5.74, 6) is 0. The van der Waals surface area contributed by atoms with E-state index in [-0.39, 0.29) is 6.42 Å². The number of carbonyl (C=O) groups is 1. The molecule has 5 nitrogen and oxygen atoms in total. The summed E-state index contributed by atoms with van der Waals surface area (Å²) in [6.45, 7) is -0.546. The first-order valence-electron chi connectivity index (χ1n) is 5.04. The highest BCUT2D eigenvalue weighted by molar-refractivity contribution is 6.31. The van der Waals surface area contributed by atoms with Crippen LogP contribution in [0.3, 0.4) is 0 Å². The molecule has 0 aromatic heterocycles. The smallest absolute Gasteiger partial charge is 0.134 e. The molecule has 17 heavy (non-hydrogen) atoms. The summed E-state index contributed by atoms with van der Waals surface area (Å²) in [6, 6.07) is 6.03. The number of hydrogen-bond acceptors (Lipinski definition) is 4. The fourth-order valence-electron chi connectivity index (χ4n) is 1.46. The first kappa shape index (κ1) is 13.8. The number of carboxylic acid groups (broad SMARTS) is 1. The van der Waals surface area contributed by atoms with Gasteiger partial charge in [-0.25, -0.2) is 0 Å². The Morgan fingerprint density at radius 1 is 1.47 bits per heavy atom. The van der Waals surface area contributed by atoms with Gasteiger partial charge in [0, 0.05) is 5.02 Å². The van der Waals surface area contributed by atoms with Crippen molar-refractivity contribution in [1.29, 1.82) is 0 Å². The highest BCUT2D eigenvalue weighted by Gasteiger charge is 2.19. The minimum absolute atomic E-state index is 0.176. The molecule has 0 aliphatic carbocycles. The zero-order valence-corrected chi connectivity index (χ0v) is 9.72. The van der Waals surface area contributed by atoms with Gasteiger partial charge in [-0.1, -0.05) is 29.8 Å². The first-order chi connectivity index (χ1) is 8.04. The molecule has 0 aliphatic rings. The maximum atomic E-state index is 10.5. The second-order valence-corrected chi connectivity index (χ2v) is 3.99. The molecule has 2 unspecified atom stereocenters. The van der Waals surface area contributed by atoms with E-state index in [1.807, 2.05) is 5.32 Å². The van der Waals surface area contributed by atoms with Gasteiger partial charge in [0.1, 0.15) is 6.09 Å². The van der Waals surface area contributed by atoms with E-state index in [1.165, 1.54) is 0 Å². The van der Waals surface area contributed by atoms with Crippen molar-refractivity contribution in [3.05, 3.63) is 34.9 Å². The number of carbonyl (C=O) groups excluding carboxylic acids is 1. The molecular weight excluding hydrogens is 246 g/mol. The monoisotopic (exact) mass is 258 g/mol.